The summed E-state index contributed by atoms with van der Waals surface area (Å²) in [6, 6.07) is 37.8. The lowest BCUT2D eigenvalue weighted by Crippen LogP contribution is -2.23. The highest BCUT2D eigenvalue weighted by molar-refractivity contribution is 7.79. The van der Waals surface area contributed by atoms with Gasteiger partial charge in [0.1, 0.15) is 25.8 Å². The second-order valence-corrected chi connectivity index (χ2v) is 21.9. The quantitative estimate of drug-likeness (QED) is 0.111. The van der Waals surface area contributed by atoms with Gasteiger partial charge in [-0.05, 0) is 54.4 Å². The topological polar surface area (TPSA) is 122 Å². The van der Waals surface area contributed by atoms with E-state index in [4.69, 9.17) is 14.5 Å². The Balaban J connectivity index is 1.30. The second-order valence-electron chi connectivity index (χ2n) is 15.1. The molecule has 58 heavy (non-hydrogen) atoms. The summed E-state index contributed by atoms with van der Waals surface area (Å²) in [6.07, 6.45) is 5.09. The standard InChI is InChI=1S/C46H44N6O4P2/c1-30(2)41-29-49-46(51-50-41)52-42-27-37(57(53,31(3)4)35-15-11-13-33(25-35)55-44-17-7-9-23-47-44)19-21-39(42)40-22-20-38(28-43(40)52)58(54,32(5)6)36-16-12-14-34(26-36)56-45-18-8-10-24-48-45/h7-32H,1-6H3. The van der Waals surface area contributed by atoms with Crippen LogP contribution in [0.4, 0.5) is 0 Å². The number of rotatable bonds is 12. The molecule has 8 rings (SSSR count). The summed E-state index contributed by atoms with van der Waals surface area (Å²) in [5, 5.41) is 13.7. The molecule has 2 atom stereocenters. The summed E-state index contributed by atoms with van der Waals surface area (Å²) >= 11 is 0. The monoisotopic (exact) mass is 806 g/mol. The number of aromatic nitrogens is 6. The first-order valence-electron chi connectivity index (χ1n) is 19.3. The average Bonchev–Trinajstić information content (AvgIpc) is 3.57. The molecule has 292 valence electrons. The molecule has 0 aliphatic carbocycles. The van der Waals surface area contributed by atoms with Crippen LogP contribution >= 0.6 is 14.3 Å². The van der Waals surface area contributed by atoms with E-state index >= 15 is 9.13 Å². The van der Waals surface area contributed by atoms with Crippen LogP contribution in [0.5, 0.6) is 23.3 Å². The Morgan fingerprint density at radius 3 is 1.40 bits per heavy atom. The molecule has 4 heterocycles. The summed E-state index contributed by atoms with van der Waals surface area (Å²) in [6.45, 7) is 12.0. The maximum atomic E-state index is 15.5. The third-order valence-electron chi connectivity index (χ3n) is 10.4. The van der Waals surface area contributed by atoms with Crippen LogP contribution < -0.4 is 30.7 Å². The van der Waals surface area contributed by atoms with Crippen LogP contribution in [0.2, 0.25) is 0 Å². The molecule has 0 aliphatic heterocycles. The number of nitrogens with zero attached hydrogens (tertiary/aromatic N) is 6. The van der Waals surface area contributed by atoms with Gasteiger partial charge in [-0.1, -0.05) is 102 Å². The minimum Gasteiger partial charge on any atom is -0.439 e. The lowest BCUT2D eigenvalue weighted by molar-refractivity contribution is 0.463. The van der Waals surface area contributed by atoms with E-state index in [0.29, 0.717) is 50.4 Å². The normalized spacial score (nSPS) is 13.9. The van der Waals surface area contributed by atoms with Crippen molar-refractivity contribution in [3.05, 3.63) is 146 Å². The van der Waals surface area contributed by atoms with Crippen molar-refractivity contribution < 1.29 is 18.6 Å². The molecule has 10 nitrogen and oxygen atoms in total. The summed E-state index contributed by atoms with van der Waals surface area (Å²) in [7, 11) is -6.52. The largest absolute Gasteiger partial charge is 0.439 e. The third kappa shape index (κ3) is 7.12. The molecule has 0 saturated heterocycles. The molecule has 0 N–H and O–H groups in total. The molecule has 0 spiro atoms. The highest BCUT2D eigenvalue weighted by Crippen LogP contribution is 2.51. The number of fused-ring (bicyclic) bond motifs is 3. The van der Waals surface area contributed by atoms with Gasteiger partial charge in [-0.15, -0.1) is 10.2 Å². The Morgan fingerprint density at radius 2 is 1.00 bits per heavy atom. The summed E-state index contributed by atoms with van der Waals surface area (Å²) < 4.78 is 45.2. The molecule has 0 aliphatic rings. The first-order valence-corrected chi connectivity index (χ1v) is 22.9. The van der Waals surface area contributed by atoms with E-state index in [1.807, 2.05) is 155 Å². The van der Waals surface area contributed by atoms with Crippen molar-refractivity contribution in [2.45, 2.75) is 58.8 Å². The zero-order valence-corrected chi connectivity index (χ0v) is 35.0. The molecule has 0 fully saturated rings. The highest BCUT2D eigenvalue weighted by atomic mass is 31.2. The van der Waals surface area contributed by atoms with Gasteiger partial charge in [0.05, 0.1) is 22.9 Å². The van der Waals surface area contributed by atoms with Crippen LogP contribution in [-0.2, 0) is 9.13 Å². The lowest BCUT2D eigenvalue weighted by atomic mass is 10.1. The molecule has 0 amide bonds. The third-order valence-corrected chi connectivity index (χ3v) is 17.5. The molecule has 0 saturated carbocycles. The van der Waals surface area contributed by atoms with Crippen molar-refractivity contribution in [1.29, 1.82) is 0 Å². The van der Waals surface area contributed by atoms with Crippen molar-refractivity contribution in [1.82, 2.24) is 29.7 Å². The van der Waals surface area contributed by atoms with Crippen molar-refractivity contribution in [3.63, 3.8) is 0 Å². The van der Waals surface area contributed by atoms with Crippen LogP contribution in [0.1, 0.15) is 53.2 Å². The van der Waals surface area contributed by atoms with Gasteiger partial charge in [-0.2, -0.15) is 0 Å². The number of benzene rings is 4. The van der Waals surface area contributed by atoms with Crippen LogP contribution in [0.15, 0.2) is 140 Å². The van der Waals surface area contributed by atoms with E-state index in [9.17, 15) is 0 Å². The molecular formula is C46H44N6O4P2. The van der Waals surface area contributed by atoms with Crippen LogP contribution in [-0.4, -0.2) is 41.0 Å². The van der Waals surface area contributed by atoms with Gasteiger partial charge < -0.3 is 18.6 Å². The molecule has 8 aromatic rings. The van der Waals surface area contributed by atoms with Gasteiger partial charge in [-0.3, -0.25) is 4.57 Å². The van der Waals surface area contributed by atoms with Crippen molar-refractivity contribution in [2.24, 2.45) is 0 Å². The van der Waals surface area contributed by atoms with Crippen LogP contribution in [0.25, 0.3) is 27.8 Å². The fourth-order valence-electron chi connectivity index (χ4n) is 7.32. The predicted octanol–water partition coefficient (Wildman–Crippen LogP) is 9.91. The lowest BCUT2D eigenvalue weighted by Gasteiger charge is -2.24. The molecule has 4 aromatic heterocycles. The molecule has 2 unspecified atom stereocenters. The predicted molar refractivity (Wildman–Crippen MR) is 234 cm³/mol. The van der Waals surface area contributed by atoms with Gasteiger partial charge in [0, 0.05) is 67.8 Å². The molecular weight excluding hydrogens is 762 g/mol. The highest BCUT2D eigenvalue weighted by Gasteiger charge is 2.35. The summed E-state index contributed by atoms with van der Waals surface area (Å²) in [5.41, 5.74) is 1.81. The van der Waals surface area contributed by atoms with Gasteiger partial charge in [0.25, 0.3) is 5.95 Å². The number of hydrogen-bond donors (Lipinski definition) is 0. The Labute approximate surface area is 338 Å². The van der Waals surface area contributed by atoms with Crippen molar-refractivity contribution in [2.75, 3.05) is 0 Å². The van der Waals surface area contributed by atoms with E-state index in [1.54, 1.807) is 30.7 Å². The second kappa shape index (κ2) is 15.8. The minimum atomic E-state index is -3.26. The van der Waals surface area contributed by atoms with E-state index in [2.05, 4.69) is 20.2 Å². The minimum absolute atomic E-state index is 0.133. The number of ether oxygens (including phenoxy) is 2. The van der Waals surface area contributed by atoms with Crippen LogP contribution in [0, 0.1) is 0 Å². The summed E-state index contributed by atoms with van der Waals surface area (Å²) in [5.74, 6) is 2.49. The Morgan fingerprint density at radius 1 is 0.517 bits per heavy atom. The maximum absolute atomic E-state index is 15.5. The van der Waals surface area contributed by atoms with Gasteiger partial charge in [-0.25, -0.2) is 15.0 Å². The maximum Gasteiger partial charge on any atom is 0.254 e. The van der Waals surface area contributed by atoms with Crippen LogP contribution in [0.3, 0.4) is 0 Å². The van der Waals surface area contributed by atoms with E-state index in [0.717, 1.165) is 27.5 Å². The molecule has 0 radical (unpaired) electrons. The summed E-state index contributed by atoms with van der Waals surface area (Å²) in [4.78, 5) is 13.4. The van der Waals surface area contributed by atoms with Gasteiger partial charge >= 0.3 is 0 Å². The Hall–Kier alpha value is -5.95. The van der Waals surface area contributed by atoms with Crippen molar-refractivity contribution in [3.8, 4) is 29.2 Å². The fourth-order valence-corrected chi connectivity index (χ4v) is 12.8. The first kappa shape index (κ1) is 38.9. The number of hydrogen-bond acceptors (Lipinski definition) is 9. The average molecular weight is 807 g/mol. The van der Waals surface area contributed by atoms with Crippen molar-refractivity contribution >= 4 is 57.3 Å². The number of pyridine rings is 2. The van der Waals surface area contributed by atoms with E-state index in [-0.39, 0.29) is 17.2 Å². The molecule has 12 heteroatoms. The van der Waals surface area contributed by atoms with E-state index < -0.39 is 14.3 Å². The van der Waals surface area contributed by atoms with E-state index in [1.165, 1.54) is 0 Å². The zero-order valence-electron chi connectivity index (χ0n) is 33.2. The first-order chi connectivity index (χ1) is 28.0. The smallest absolute Gasteiger partial charge is 0.254 e. The van der Waals surface area contributed by atoms with Gasteiger partial charge in [0.15, 0.2) is 0 Å². The zero-order chi connectivity index (χ0) is 40.6. The molecule has 4 aromatic carbocycles. The van der Waals surface area contributed by atoms with Gasteiger partial charge in [0.2, 0.25) is 11.8 Å². The molecule has 0 bridgehead atoms. The SMILES string of the molecule is CC(C)c1cnc(-n2c3cc(P(=O)(c4cccc(Oc5ccccn5)c4)C(C)C)ccc3c3ccc(P(=O)(c4cccc(Oc5ccccn5)c4)C(C)C)cc32)nn1. The Kier molecular flexibility index (Phi) is 10.6. The Bertz CT molecular complexity index is 2680. The fraction of sp³-hybridized carbons (Fsp3) is 0.196.